The van der Waals surface area contributed by atoms with Crippen molar-refractivity contribution in [1.29, 1.82) is 0 Å². The highest BCUT2D eigenvalue weighted by molar-refractivity contribution is 7.92. The molecule has 2 aromatic heterocycles. The van der Waals surface area contributed by atoms with Crippen LogP contribution in [0, 0.1) is 0 Å². The van der Waals surface area contributed by atoms with Crippen LogP contribution in [0.3, 0.4) is 0 Å². The van der Waals surface area contributed by atoms with Gasteiger partial charge in [0, 0.05) is 0 Å². The molecule has 10 heteroatoms. The standard InChI is InChI=1S/C25H21N5O4S/c1-33-20-13-12-16(14-21(20)34-2)15-27-30-24(26)23(35(31,32)17-8-4-3-5-9-17)22-25(30)29-19-11-7-6-10-18(19)28-22/h3-15H,26H2,1-2H3/b27-15-. The van der Waals surface area contributed by atoms with Gasteiger partial charge in [0.1, 0.15) is 16.2 Å². The summed E-state index contributed by atoms with van der Waals surface area (Å²) in [4.78, 5) is 9.20. The molecule has 0 fully saturated rings. The van der Waals surface area contributed by atoms with Gasteiger partial charge in [0.2, 0.25) is 9.84 Å². The summed E-state index contributed by atoms with van der Waals surface area (Å²) in [6, 6.07) is 20.5. The van der Waals surface area contributed by atoms with Crippen molar-refractivity contribution in [3.63, 3.8) is 0 Å². The minimum Gasteiger partial charge on any atom is -0.493 e. The zero-order valence-corrected chi connectivity index (χ0v) is 19.7. The largest absolute Gasteiger partial charge is 0.493 e. The van der Waals surface area contributed by atoms with E-state index >= 15 is 0 Å². The number of aromatic nitrogens is 3. The van der Waals surface area contributed by atoms with Gasteiger partial charge in [-0.15, -0.1) is 0 Å². The lowest BCUT2D eigenvalue weighted by molar-refractivity contribution is 0.355. The van der Waals surface area contributed by atoms with Crippen molar-refractivity contribution in [1.82, 2.24) is 14.6 Å². The molecular formula is C25H21N5O4S. The zero-order valence-electron chi connectivity index (χ0n) is 18.9. The quantitative estimate of drug-likeness (QED) is 0.361. The van der Waals surface area contributed by atoms with Crippen LogP contribution in [-0.2, 0) is 9.84 Å². The Kier molecular flexibility index (Phi) is 5.58. The number of nitrogens with two attached hydrogens (primary N) is 1. The summed E-state index contributed by atoms with van der Waals surface area (Å²) in [5.41, 5.74) is 8.61. The maximum absolute atomic E-state index is 13.6. The number of nitrogen functional groups attached to an aromatic ring is 1. The Morgan fingerprint density at radius 2 is 1.54 bits per heavy atom. The number of rotatable bonds is 6. The molecule has 0 saturated carbocycles. The molecule has 2 N–H and O–H groups in total. The third-order valence-electron chi connectivity index (χ3n) is 5.48. The molecule has 3 aromatic carbocycles. The molecule has 0 aliphatic carbocycles. The SMILES string of the molecule is COc1ccc(/C=N\n2c(N)c(S(=O)(=O)c3ccccc3)c3nc4ccccc4nc32)cc1OC. The van der Waals surface area contributed by atoms with E-state index in [1.165, 1.54) is 30.1 Å². The molecule has 9 nitrogen and oxygen atoms in total. The Morgan fingerprint density at radius 1 is 0.886 bits per heavy atom. The first kappa shape index (κ1) is 22.4. The zero-order chi connectivity index (χ0) is 24.6. The number of nitrogens with zero attached hydrogens (tertiary/aromatic N) is 4. The molecule has 0 atom stereocenters. The second-order valence-electron chi connectivity index (χ2n) is 7.59. The molecule has 0 radical (unpaired) electrons. The van der Waals surface area contributed by atoms with E-state index in [-0.39, 0.29) is 26.8 Å². The molecule has 35 heavy (non-hydrogen) atoms. The highest BCUT2D eigenvalue weighted by Crippen LogP contribution is 2.35. The van der Waals surface area contributed by atoms with Crippen molar-refractivity contribution < 1.29 is 17.9 Å². The van der Waals surface area contributed by atoms with Crippen molar-refractivity contribution in [3.8, 4) is 11.5 Å². The number of fused-ring (bicyclic) bond motifs is 2. The molecule has 5 aromatic rings. The van der Waals surface area contributed by atoms with Crippen molar-refractivity contribution in [2.75, 3.05) is 20.0 Å². The van der Waals surface area contributed by atoms with Crippen LogP contribution in [0.15, 0.2) is 87.7 Å². The van der Waals surface area contributed by atoms with Crippen LogP contribution >= 0.6 is 0 Å². The highest BCUT2D eigenvalue weighted by atomic mass is 32.2. The van der Waals surface area contributed by atoms with E-state index in [0.29, 0.717) is 28.1 Å². The molecule has 0 unspecified atom stereocenters. The fourth-order valence-corrected chi connectivity index (χ4v) is 5.28. The number of anilines is 1. The molecule has 0 aliphatic heterocycles. The number of methoxy groups -OCH3 is 2. The summed E-state index contributed by atoms with van der Waals surface area (Å²) in [5.74, 6) is 1.01. The van der Waals surface area contributed by atoms with Crippen LogP contribution < -0.4 is 15.2 Å². The van der Waals surface area contributed by atoms with E-state index in [1.807, 2.05) is 12.1 Å². The number of sulfone groups is 1. The van der Waals surface area contributed by atoms with Gasteiger partial charge in [-0.25, -0.2) is 18.4 Å². The number of para-hydroxylation sites is 2. The van der Waals surface area contributed by atoms with E-state index in [1.54, 1.807) is 55.6 Å². The Labute approximate surface area is 201 Å². The first-order valence-electron chi connectivity index (χ1n) is 10.6. The van der Waals surface area contributed by atoms with E-state index in [0.717, 1.165) is 0 Å². The van der Waals surface area contributed by atoms with E-state index < -0.39 is 9.84 Å². The van der Waals surface area contributed by atoms with Crippen molar-refractivity contribution in [2.45, 2.75) is 9.79 Å². The molecule has 176 valence electrons. The molecule has 2 heterocycles. The third-order valence-corrected chi connectivity index (χ3v) is 7.31. The summed E-state index contributed by atoms with van der Waals surface area (Å²) < 4.78 is 39.1. The van der Waals surface area contributed by atoms with Gasteiger partial charge in [0.05, 0.1) is 36.4 Å². The van der Waals surface area contributed by atoms with Gasteiger partial charge in [-0.2, -0.15) is 9.78 Å². The molecule has 0 bridgehead atoms. The van der Waals surface area contributed by atoms with Gasteiger partial charge in [0.25, 0.3) is 0 Å². The number of hydrogen-bond acceptors (Lipinski definition) is 8. The van der Waals surface area contributed by atoms with Crippen LogP contribution in [0.1, 0.15) is 5.56 Å². The van der Waals surface area contributed by atoms with Gasteiger partial charge in [-0.1, -0.05) is 30.3 Å². The first-order chi connectivity index (χ1) is 16.9. The maximum Gasteiger partial charge on any atom is 0.212 e. The molecule has 0 amide bonds. The van der Waals surface area contributed by atoms with Crippen LogP contribution in [0.5, 0.6) is 11.5 Å². The Hall–Kier alpha value is -4.44. The second-order valence-corrected chi connectivity index (χ2v) is 9.47. The van der Waals surface area contributed by atoms with E-state index in [2.05, 4.69) is 15.1 Å². The Balaban J connectivity index is 1.75. The predicted molar refractivity (Wildman–Crippen MR) is 134 cm³/mol. The average Bonchev–Trinajstić information content (AvgIpc) is 3.16. The third kappa shape index (κ3) is 3.83. The van der Waals surface area contributed by atoms with Gasteiger partial charge in [-0.05, 0) is 48.0 Å². The van der Waals surface area contributed by atoms with E-state index in [4.69, 9.17) is 15.2 Å². The van der Waals surface area contributed by atoms with Crippen LogP contribution in [0.4, 0.5) is 5.82 Å². The molecule has 5 rings (SSSR count). The summed E-state index contributed by atoms with van der Waals surface area (Å²) in [6.45, 7) is 0. The number of hydrogen-bond donors (Lipinski definition) is 1. The van der Waals surface area contributed by atoms with Crippen LogP contribution in [-0.4, -0.2) is 43.5 Å². The van der Waals surface area contributed by atoms with Gasteiger partial charge < -0.3 is 15.2 Å². The highest BCUT2D eigenvalue weighted by Gasteiger charge is 2.30. The minimum absolute atomic E-state index is 0.0871. The Morgan fingerprint density at radius 3 is 2.23 bits per heavy atom. The van der Waals surface area contributed by atoms with Crippen LogP contribution in [0.2, 0.25) is 0 Å². The van der Waals surface area contributed by atoms with E-state index in [9.17, 15) is 8.42 Å². The summed E-state index contributed by atoms with van der Waals surface area (Å²) >= 11 is 0. The molecule has 0 saturated heterocycles. The molecule has 0 spiro atoms. The molecular weight excluding hydrogens is 466 g/mol. The van der Waals surface area contributed by atoms with Gasteiger partial charge >= 0.3 is 0 Å². The lowest BCUT2D eigenvalue weighted by Gasteiger charge is -2.07. The van der Waals surface area contributed by atoms with Gasteiger partial charge in [0.15, 0.2) is 17.1 Å². The predicted octanol–water partition coefficient (Wildman–Crippen LogP) is 3.90. The average molecular weight is 488 g/mol. The lowest BCUT2D eigenvalue weighted by atomic mass is 10.2. The lowest BCUT2D eigenvalue weighted by Crippen LogP contribution is -2.06. The fraction of sp³-hybridized carbons (Fsp3) is 0.0800. The van der Waals surface area contributed by atoms with Crippen molar-refractivity contribution >= 4 is 44.1 Å². The maximum atomic E-state index is 13.6. The normalized spacial score (nSPS) is 11.9. The molecule has 0 aliphatic rings. The monoisotopic (exact) mass is 487 g/mol. The Bertz CT molecular complexity index is 1700. The fourth-order valence-electron chi connectivity index (χ4n) is 3.78. The van der Waals surface area contributed by atoms with Crippen molar-refractivity contribution in [3.05, 3.63) is 78.4 Å². The summed E-state index contributed by atoms with van der Waals surface area (Å²) in [7, 11) is -0.915. The summed E-state index contributed by atoms with van der Waals surface area (Å²) in [5, 5.41) is 4.47. The number of ether oxygens (including phenoxy) is 2. The summed E-state index contributed by atoms with van der Waals surface area (Å²) in [6.07, 6.45) is 1.54. The minimum atomic E-state index is -4.01. The topological polar surface area (TPSA) is 122 Å². The van der Waals surface area contributed by atoms with Crippen LogP contribution in [0.25, 0.3) is 22.2 Å². The van der Waals surface area contributed by atoms with Gasteiger partial charge in [-0.3, -0.25) is 0 Å². The second kappa shape index (κ2) is 8.73. The smallest absolute Gasteiger partial charge is 0.212 e. The first-order valence-corrected chi connectivity index (χ1v) is 12.1. The number of benzene rings is 3. The van der Waals surface area contributed by atoms with Crippen molar-refractivity contribution in [2.24, 2.45) is 5.10 Å².